The highest BCUT2D eigenvalue weighted by Crippen LogP contribution is 2.39. The molecule has 1 aromatic rings. The molecule has 1 atom stereocenters. The van der Waals surface area contributed by atoms with Gasteiger partial charge in [0.05, 0.1) is 5.92 Å². The first kappa shape index (κ1) is 16.3. The van der Waals surface area contributed by atoms with E-state index in [-0.39, 0.29) is 24.5 Å². The van der Waals surface area contributed by atoms with Crippen LogP contribution in [-0.2, 0) is 16.1 Å². The van der Waals surface area contributed by atoms with E-state index in [4.69, 9.17) is 4.74 Å². The molecule has 0 aliphatic heterocycles. The molecule has 0 heterocycles. The van der Waals surface area contributed by atoms with Crippen molar-refractivity contribution in [3.63, 3.8) is 0 Å². The molecule has 0 radical (unpaired) electrons. The van der Waals surface area contributed by atoms with Gasteiger partial charge in [-0.05, 0) is 37.2 Å². The van der Waals surface area contributed by atoms with Gasteiger partial charge in [-0.3, -0.25) is 4.79 Å². The van der Waals surface area contributed by atoms with Crippen molar-refractivity contribution in [2.24, 2.45) is 11.8 Å². The Kier molecular flexibility index (Phi) is 4.99. The molecular formula is C18H21N3O3. The Morgan fingerprint density at radius 2 is 1.96 bits per heavy atom. The molecule has 0 spiro atoms. The third-order valence-corrected chi connectivity index (χ3v) is 4.44. The largest absolute Gasteiger partial charge is 0.449 e. The second-order valence-electron chi connectivity index (χ2n) is 6.42. The number of hydrogen-bond acceptors (Lipinski definition) is 4. The molecule has 0 bridgehead atoms. The number of carbonyl (C=O) groups excluding carboxylic acids is 2. The minimum Gasteiger partial charge on any atom is -0.449 e. The summed E-state index contributed by atoms with van der Waals surface area (Å²) in [6.45, 7) is 0.420. The lowest BCUT2D eigenvalue weighted by molar-refractivity contribution is -0.134. The molecule has 2 amide bonds. The standard InChI is InChI=1S/C18H21N3O3/c19-12-21(15-8-9-15)17(22)16(14-6-7-14)11-24-18(23)20-10-13-4-2-1-3-5-13/h1-5,14-16H,6-11H2,(H,20,23). The summed E-state index contributed by atoms with van der Waals surface area (Å²) in [5.41, 5.74) is 0.980. The minimum atomic E-state index is -0.535. The summed E-state index contributed by atoms with van der Waals surface area (Å²) >= 11 is 0. The molecule has 6 heteroatoms. The number of nitriles is 1. The third-order valence-electron chi connectivity index (χ3n) is 4.44. The lowest BCUT2D eigenvalue weighted by atomic mass is 10.0. The van der Waals surface area contributed by atoms with Crippen molar-refractivity contribution in [2.45, 2.75) is 38.3 Å². The molecule has 2 aliphatic carbocycles. The molecule has 0 saturated heterocycles. The van der Waals surface area contributed by atoms with Gasteiger partial charge in [0, 0.05) is 12.6 Å². The molecule has 1 aromatic carbocycles. The van der Waals surface area contributed by atoms with E-state index in [1.807, 2.05) is 36.5 Å². The van der Waals surface area contributed by atoms with Crippen LogP contribution < -0.4 is 5.32 Å². The Bertz CT molecular complexity index is 633. The molecule has 1 unspecified atom stereocenters. The molecule has 24 heavy (non-hydrogen) atoms. The van der Waals surface area contributed by atoms with Gasteiger partial charge in [0.15, 0.2) is 6.19 Å². The van der Waals surface area contributed by atoms with Gasteiger partial charge in [-0.25, -0.2) is 9.69 Å². The fourth-order valence-electron chi connectivity index (χ4n) is 2.72. The van der Waals surface area contributed by atoms with Crippen molar-refractivity contribution in [1.82, 2.24) is 10.2 Å². The molecule has 6 nitrogen and oxygen atoms in total. The van der Waals surface area contributed by atoms with Crippen LogP contribution in [-0.4, -0.2) is 29.5 Å². The number of hydrogen-bond donors (Lipinski definition) is 1. The highest BCUT2D eigenvalue weighted by atomic mass is 16.5. The molecule has 2 saturated carbocycles. The predicted octanol–water partition coefficient (Wildman–Crippen LogP) is 2.41. The Morgan fingerprint density at radius 1 is 1.25 bits per heavy atom. The van der Waals surface area contributed by atoms with Crippen molar-refractivity contribution in [3.8, 4) is 6.19 Å². The third kappa shape index (κ3) is 4.25. The first-order chi connectivity index (χ1) is 11.7. The summed E-state index contributed by atoms with van der Waals surface area (Å²) in [6.07, 6.45) is 5.13. The van der Waals surface area contributed by atoms with E-state index in [0.29, 0.717) is 6.54 Å². The van der Waals surface area contributed by atoms with Crippen LogP contribution in [0.1, 0.15) is 31.2 Å². The summed E-state index contributed by atoms with van der Waals surface area (Å²) < 4.78 is 5.24. The topological polar surface area (TPSA) is 82.4 Å². The van der Waals surface area contributed by atoms with Crippen molar-refractivity contribution in [1.29, 1.82) is 5.26 Å². The van der Waals surface area contributed by atoms with Crippen molar-refractivity contribution < 1.29 is 14.3 Å². The number of ether oxygens (including phenoxy) is 1. The lowest BCUT2D eigenvalue weighted by Crippen LogP contribution is -2.38. The van der Waals surface area contributed by atoms with Gasteiger partial charge in [-0.2, -0.15) is 5.26 Å². The van der Waals surface area contributed by atoms with Crippen LogP contribution in [0.4, 0.5) is 4.79 Å². The van der Waals surface area contributed by atoms with E-state index < -0.39 is 12.0 Å². The van der Waals surface area contributed by atoms with Crippen LogP contribution in [0, 0.1) is 23.3 Å². The highest BCUT2D eigenvalue weighted by Gasteiger charge is 2.43. The van der Waals surface area contributed by atoms with Gasteiger partial charge >= 0.3 is 6.09 Å². The highest BCUT2D eigenvalue weighted by molar-refractivity contribution is 5.82. The summed E-state index contributed by atoms with van der Waals surface area (Å²) in [5.74, 6) is -0.361. The van der Waals surface area contributed by atoms with E-state index in [0.717, 1.165) is 31.2 Å². The van der Waals surface area contributed by atoms with Crippen LogP contribution in [0.25, 0.3) is 0 Å². The zero-order chi connectivity index (χ0) is 16.9. The SMILES string of the molecule is N#CN(C(=O)C(COC(=O)NCc1ccccc1)C1CC1)C1CC1. The maximum absolute atomic E-state index is 12.5. The number of nitrogens with one attached hydrogen (secondary N) is 1. The van der Waals surface area contributed by atoms with E-state index in [9.17, 15) is 14.9 Å². The number of alkyl carbamates (subject to hydrolysis) is 1. The summed E-state index contributed by atoms with van der Waals surface area (Å²) in [4.78, 5) is 25.6. The van der Waals surface area contributed by atoms with E-state index in [1.54, 1.807) is 0 Å². The van der Waals surface area contributed by atoms with Crippen molar-refractivity contribution in [3.05, 3.63) is 35.9 Å². The van der Waals surface area contributed by atoms with Crippen LogP contribution in [0.3, 0.4) is 0 Å². The number of carbonyl (C=O) groups is 2. The Morgan fingerprint density at radius 3 is 2.54 bits per heavy atom. The monoisotopic (exact) mass is 327 g/mol. The van der Waals surface area contributed by atoms with E-state index >= 15 is 0 Å². The molecule has 2 aliphatic rings. The maximum Gasteiger partial charge on any atom is 0.407 e. The summed E-state index contributed by atoms with van der Waals surface area (Å²) in [5, 5.41) is 11.9. The van der Waals surface area contributed by atoms with Gasteiger partial charge in [0.1, 0.15) is 6.61 Å². The van der Waals surface area contributed by atoms with Crippen molar-refractivity contribution >= 4 is 12.0 Å². The second-order valence-corrected chi connectivity index (χ2v) is 6.42. The number of rotatable bonds is 7. The first-order valence-electron chi connectivity index (χ1n) is 8.36. The maximum atomic E-state index is 12.5. The van der Waals surface area contributed by atoms with Gasteiger partial charge in [-0.1, -0.05) is 30.3 Å². The molecular weight excluding hydrogens is 306 g/mol. The fourth-order valence-corrected chi connectivity index (χ4v) is 2.72. The number of benzene rings is 1. The molecule has 1 N–H and O–H groups in total. The fraction of sp³-hybridized carbons (Fsp3) is 0.500. The smallest absolute Gasteiger partial charge is 0.407 e. The second kappa shape index (κ2) is 7.35. The van der Waals surface area contributed by atoms with Gasteiger partial charge < -0.3 is 10.1 Å². The molecule has 2 fully saturated rings. The molecule has 126 valence electrons. The first-order valence-corrected chi connectivity index (χ1v) is 8.36. The average Bonchev–Trinajstić information content (AvgIpc) is 3.48. The van der Waals surface area contributed by atoms with Gasteiger partial charge in [0.2, 0.25) is 5.91 Å². The number of amides is 2. The summed E-state index contributed by atoms with van der Waals surface area (Å²) in [6, 6.07) is 9.59. The zero-order valence-corrected chi connectivity index (χ0v) is 13.5. The quantitative estimate of drug-likeness (QED) is 0.616. The minimum absolute atomic E-state index is 0.0367. The molecule has 3 rings (SSSR count). The lowest BCUT2D eigenvalue weighted by Gasteiger charge is -2.21. The number of nitrogens with zero attached hydrogens (tertiary/aromatic N) is 2. The Hall–Kier alpha value is -2.55. The summed E-state index contributed by atoms with van der Waals surface area (Å²) in [7, 11) is 0. The zero-order valence-electron chi connectivity index (χ0n) is 13.5. The normalized spacial score (nSPS) is 17.5. The Labute approximate surface area is 141 Å². The van der Waals surface area contributed by atoms with Crippen LogP contribution in [0.2, 0.25) is 0 Å². The average molecular weight is 327 g/mol. The van der Waals surface area contributed by atoms with Crippen LogP contribution in [0.15, 0.2) is 30.3 Å². The van der Waals surface area contributed by atoms with Gasteiger partial charge in [0.25, 0.3) is 0 Å². The predicted molar refractivity (Wildman–Crippen MR) is 86.3 cm³/mol. The van der Waals surface area contributed by atoms with Crippen LogP contribution in [0.5, 0.6) is 0 Å². The Balaban J connectivity index is 1.48. The van der Waals surface area contributed by atoms with Crippen molar-refractivity contribution in [2.75, 3.05) is 6.61 Å². The molecule has 0 aromatic heterocycles. The van der Waals surface area contributed by atoms with E-state index in [1.165, 1.54) is 4.90 Å². The van der Waals surface area contributed by atoms with E-state index in [2.05, 4.69) is 5.32 Å². The van der Waals surface area contributed by atoms with Crippen LogP contribution >= 0.6 is 0 Å². The van der Waals surface area contributed by atoms with Gasteiger partial charge in [-0.15, -0.1) is 0 Å².